The van der Waals surface area contributed by atoms with Gasteiger partial charge in [-0.15, -0.1) is 0 Å². The summed E-state index contributed by atoms with van der Waals surface area (Å²) in [5.74, 6) is 3.29. The van der Waals surface area contributed by atoms with Crippen LogP contribution in [0, 0.1) is 0 Å². The number of fused-ring (bicyclic) bond motifs is 2. The molecular formula is C22H16O4Se2. The Morgan fingerprint density at radius 2 is 1.36 bits per heavy atom. The van der Waals surface area contributed by atoms with Crippen molar-refractivity contribution in [3.63, 3.8) is 0 Å². The predicted molar refractivity (Wildman–Crippen MR) is 111 cm³/mol. The Balaban J connectivity index is 1.19. The molecule has 5 rings (SSSR count). The van der Waals surface area contributed by atoms with Crippen LogP contribution in [-0.2, 0) is 0 Å². The third kappa shape index (κ3) is 3.91. The van der Waals surface area contributed by atoms with Crippen LogP contribution in [0.3, 0.4) is 0 Å². The fourth-order valence-corrected chi connectivity index (χ4v) is 8.29. The molecule has 4 nitrogen and oxygen atoms in total. The monoisotopic (exact) mass is 504 g/mol. The van der Waals surface area contributed by atoms with E-state index in [-0.39, 0.29) is 0 Å². The molecule has 0 saturated heterocycles. The third-order valence-corrected chi connectivity index (χ3v) is 10.3. The number of allylic oxidation sites excluding steroid dienone is 4. The van der Waals surface area contributed by atoms with E-state index in [1.165, 1.54) is 7.84 Å². The van der Waals surface area contributed by atoms with Gasteiger partial charge in [0.25, 0.3) is 0 Å². The van der Waals surface area contributed by atoms with Crippen LogP contribution in [0.1, 0.15) is 11.1 Å². The van der Waals surface area contributed by atoms with Crippen molar-refractivity contribution in [3.8, 4) is 23.0 Å². The van der Waals surface area contributed by atoms with Crippen LogP contribution >= 0.6 is 0 Å². The average molecular weight is 502 g/mol. The summed E-state index contributed by atoms with van der Waals surface area (Å²) < 4.78 is 24.5. The standard InChI is InChI=1S/C22H16O4Se2/c1(2-15-5-8-18-20(10-15)25-13-23-18)3-22-27-12-17(28-22)7-4-16-6-9-19-21(11-16)26-14-24-19/h1-12H,13-14H2/b2-1+,7-4+,22-3+. The van der Waals surface area contributed by atoms with E-state index in [4.69, 9.17) is 18.9 Å². The Hall–Kier alpha value is -2.36. The van der Waals surface area contributed by atoms with Gasteiger partial charge in [0.15, 0.2) is 0 Å². The minimum atomic E-state index is 0.311. The topological polar surface area (TPSA) is 36.9 Å². The first-order valence-electron chi connectivity index (χ1n) is 8.74. The Morgan fingerprint density at radius 1 is 0.714 bits per heavy atom. The minimum absolute atomic E-state index is 0.311. The fraction of sp³-hybridized carbons (Fsp3) is 0.0909. The summed E-state index contributed by atoms with van der Waals surface area (Å²) in [4.78, 5) is 2.37. The van der Waals surface area contributed by atoms with E-state index in [0.29, 0.717) is 43.5 Å². The molecule has 2 aromatic carbocycles. The SMILES string of the molecule is C1=C(/C=C/c2ccc3c(c2)OCO3)[Se]/C(=C/C=C/c2ccc3c(c2)OCO3)[Se]1. The summed E-state index contributed by atoms with van der Waals surface area (Å²) in [5.41, 5.74) is 2.25. The Labute approximate surface area is 175 Å². The number of hydrogen-bond acceptors (Lipinski definition) is 4. The second-order valence-corrected chi connectivity index (χ2v) is 11.7. The molecule has 140 valence electrons. The van der Waals surface area contributed by atoms with Crippen molar-refractivity contribution in [2.75, 3.05) is 13.6 Å². The molecule has 6 heteroatoms. The van der Waals surface area contributed by atoms with Crippen molar-refractivity contribution in [1.82, 2.24) is 0 Å². The average Bonchev–Trinajstić information content (AvgIpc) is 3.46. The maximum absolute atomic E-state index is 5.44. The first-order chi connectivity index (χ1) is 13.8. The van der Waals surface area contributed by atoms with E-state index in [9.17, 15) is 0 Å². The van der Waals surface area contributed by atoms with Crippen molar-refractivity contribution in [2.45, 2.75) is 0 Å². The van der Waals surface area contributed by atoms with E-state index in [2.05, 4.69) is 41.4 Å². The fourth-order valence-electron chi connectivity index (χ4n) is 2.88. The maximum atomic E-state index is 5.44. The molecule has 0 aliphatic carbocycles. The molecule has 3 aliphatic heterocycles. The van der Waals surface area contributed by atoms with E-state index in [0.717, 1.165) is 34.1 Å². The molecular weight excluding hydrogens is 486 g/mol. The van der Waals surface area contributed by atoms with Crippen molar-refractivity contribution in [3.05, 3.63) is 78.6 Å². The quantitative estimate of drug-likeness (QED) is 0.594. The van der Waals surface area contributed by atoms with Gasteiger partial charge >= 0.3 is 176 Å². The summed E-state index contributed by atoms with van der Waals surface area (Å²) in [6.07, 6.45) is 10.9. The van der Waals surface area contributed by atoms with Crippen molar-refractivity contribution < 1.29 is 18.9 Å². The van der Waals surface area contributed by atoms with Crippen LogP contribution in [0.25, 0.3) is 12.2 Å². The molecule has 0 fully saturated rings. The third-order valence-electron chi connectivity index (χ3n) is 4.26. The molecule has 0 bridgehead atoms. The van der Waals surface area contributed by atoms with Crippen molar-refractivity contribution >= 4 is 42.1 Å². The van der Waals surface area contributed by atoms with E-state index in [1.807, 2.05) is 30.3 Å². The Morgan fingerprint density at radius 3 is 2.07 bits per heavy atom. The first kappa shape index (κ1) is 17.7. The van der Waals surface area contributed by atoms with Gasteiger partial charge in [-0.2, -0.15) is 0 Å². The van der Waals surface area contributed by atoms with Gasteiger partial charge in [-0.05, 0) is 0 Å². The van der Waals surface area contributed by atoms with Crippen LogP contribution in [0.2, 0.25) is 0 Å². The van der Waals surface area contributed by atoms with Crippen LogP contribution in [0.5, 0.6) is 23.0 Å². The van der Waals surface area contributed by atoms with Crippen molar-refractivity contribution in [2.24, 2.45) is 0 Å². The van der Waals surface area contributed by atoms with Gasteiger partial charge in [-0.1, -0.05) is 0 Å². The zero-order chi connectivity index (χ0) is 18.8. The van der Waals surface area contributed by atoms with Gasteiger partial charge in [0.05, 0.1) is 0 Å². The second-order valence-electron chi connectivity index (χ2n) is 6.14. The molecule has 3 heterocycles. The molecule has 0 N–H and O–H groups in total. The van der Waals surface area contributed by atoms with E-state index in [1.54, 1.807) is 0 Å². The van der Waals surface area contributed by atoms with Gasteiger partial charge < -0.3 is 0 Å². The van der Waals surface area contributed by atoms with Crippen LogP contribution < -0.4 is 18.9 Å². The molecule has 0 aromatic heterocycles. The zero-order valence-corrected chi connectivity index (χ0v) is 18.2. The van der Waals surface area contributed by atoms with Gasteiger partial charge in [-0.25, -0.2) is 0 Å². The molecule has 0 spiro atoms. The van der Waals surface area contributed by atoms with Crippen LogP contribution in [0.15, 0.2) is 67.4 Å². The molecule has 3 aliphatic rings. The predicted octanol–water partition coefficient (Wildman–Crippen LogP) is 3.98. The molecule has 28 heavy (non-hydrogen) atoms. The van der Waals surface area contributed by atoms with E-state index < -0.39 is 0 Å². The molecule has 0 unspecified atom stereocenters. The van der Waals surface area contributed by atoms with Gasteiger partial charge in [0.2, 0.25) is 0 Å². The number of rotatable bonds is 4. The van der Waals surface area contributed by atoms with Gasteiger partial charge in [0.1, 0.15) is 0 Å². The number of benzene rings is 2. The van der Waals surface area contributed by atoms with Crippen LogP contribution in [0.4, 0.5) is 0 Å². The van der Waals surface area contributed by atoms with Gasteiger partial charge in [-0.3, -0.25) is 0 Å². The normalized spacial score (nSPS) is 18.6. The van der Waals surface area contributed by atoms with Gasteiger partial charge in [0, 0.05) is 0 Å². The second kappa shape index (κ2) is 7.94. The van der Waals surface area contributed by atoms with Crippen molar-refractivity contribution in [1.29, 1.82) is 0 Å². The Bertz CT molecular complexity index is 1040. The summed E-state index contributed by atoms with van der Waals surface area (Å²) in [6, 6.07) is 12.1. The summed E-state index contributed by atoms with van der Waals surface area (Å²) in [6.45, 7) is 0.624. The molecule has 0 radical (unpaired) electrons. The molecule has 0 saturated carbocycles. The number of hydrogen-bond donors (Lipinski definition) is 0. The van der Waals surface area contributed by atoms with Crippen LogP contribution in [-0.4, -0.2) is 43.5 Å². The summed E-state index contributed by atoms with van der Waals surface area (Å²) >= 11 is 0.833. The molecule has 2 aromatic rings. The van der Waals surface area contributed by atoms with E-state index >= 15 is 0 Å². The summed E-state index contributed by atoms with van der Waals surface area (Å²) in [5, 5.41) is 0. The number of ether oxygens (including phenoxy) is 4. The summed E-state index contributed by atoms with van der Waals surface area (Å²) in [7, 11) is 0. The Kier molecular flexibility index (Phi) is 5.03. The zero-order valence-electron chi connectivity index (χ0n) is 14.8. The first-order valence-corrected chi connectivity index (χ1v) is 12.3. The molecule has 0 amide bonds. The molecule has 0 atom stereocenters.